The van der Waals surface area contributed by atoms with Gasteiger partial charge in [0.05, 0.1) is 5.52 Å². The Morgan fingerprint density at radius 2 is 1.95 bits per heavy atom. The van der Waals surface area contributed by atoms with Crippen molar-refractivity contribution in [3.63, 3.8) is 0 Å². The summed E-state index contributed by atoms with van der Waals surface area (Å²) in [4.78, 5) is 20.2. The first-order chi connectivity index (χ1) is 9.99. The third kappa shape index (κ3) is 2.08. The Bertz CT molecular complexity index is 919. The number of hydrogen-bond donors (Lipinski definition) is 0. The normalized spacial score (nSPS) is 11.0. The quantitative estimate of drug-likeness (QED) is 0.691. The molecule has 3 aromatic rings. The summed E-state index contributed by atoms with van der Waals surface area (Å²) in [5, 5.41) is 0. The lowest BCUT2D eigenvalue weighted by atomic mass is 10.1. The van der Waals surface area contributed by atoms with E-state index >= 15 is 0 Å². The molecule has 0 unspecified atom stereocenters. The van der Waals surface area contributed by atoms with Crippen molar-refractivity contribution in [3.05, 3.63) is 58.1 Å². The number of fused-ring (bicyclic) bond motifs is 1. The van der Waals surface area contributed by atoms with Gasteiger partial charge in [-0.1, -0.05) is 0 Å². The molecule has 0 atom stereocenters. The van der Waals surface area contributed by atoms with E-state index in [4.69, 9.17) is 0 Å². The Labute approximate surface area is 118 Å². The molecule has 6 heteroatoms. The molecule has 0 amide bonds. The first-order valence-corrected chi connectivity index (χ1v) is 6.25. The predicted molar refractivity (Wildman–Crippen MR) is 74.9 cm³/mol. The van der Waals surface area contributed by atoms with E-state index in [2.05, 4.69) is 9.97 Å². The molecule has 0 saturated carbocycles. The van der Waals surface area contributed by atoms with Crippen LogP contribution in [0, 0.1) is 18.6 Å². The molecule has 21 heavy (non-hydrogen) atoms. The summed E-state index contributed by atoms with van der Waals surface area (Å²) >= 11 is 0. The molecule has 4 nitrogen and oxygen atoms in total. The zero-order chi connectivity index (χ0) is 15.1. The minimum atomic E-state index is -0.733. The van der Waals surface area contributed by atoms with Crippen molar-refractivity contribution in [2.45, 2.75) is 6.92 Å². The van der Waals surface area contributed by atoms with Crippen LogP contribution in [0.3, 0.4) is 0 Å². The van der Waals surface area contributed by atoms with E-state index in [9.17, 15) is 13.6 Å². The average molecular weight is 287 g/mol. The first-order valence-electron chi connectivity index (χ1n) is 6.25. The Morgan fingerprint density at radius 3 is 2.67 bits per heavy atom. The Kier molecular flexibility index (Phi) is 3.01. The summed E-state index contributed by atoms with van der Waals surface area (Å²) in [5.74, 6) is -1.40. The van der Waals surface area contributed by atoms with Crippen LogP contribution in [-0.2, 0) is 7.05 Å². The maximum atomic E-state index is 14.0. The summed E-state index contributed by atoms with van der Waals surface area (Å²) < 4.78 is 28.7. The number of aromatic nitrogens is 3. The van der Waals surface area contributed by atoms with Crippen molar-refractivity contribution >= 4 is 11.0 Å². The molecule has 2 heterocycles. The van der Waals surface area contributed by atoms with E-state index in [0.717, 1.165) is 12.1 Å². The Hall–Kier alpha value is -2.63. The van der Waals surface area contributed by atoms with Crippen LogP contribution in [0.5, 0.6) is 0 Å². The Balaban J connectivity index is 2.44. The fraction of sp³-hybridized carbons (Fsp3) is 0.133. The predicted octanol–water partition coefficient (Wildman–Crippen LogP) is 2.58. The second kappa shape index (κ2) is 4.73. The molecule has 0 N–H and O–H groups in total. The first kappa shape index (κ1) is 13.4. The SMILES string of the molecule is Cc1cn(C)c2c(-c3ccc(F)cc3F)ncnc2c1=O. The lowest BCUT2D eigenvalue weighted by Crippen LogP contribution is -2.13. The third-order valence-electron chi connectivity index (χ3n) is 3.32. The smallest absolute Gasteiger partial charge is 0.210 e. The van der Waals surface area contributed by atoms with Crippen molar-refractivity contribution in [2.75, 3.05) is 0 Å². The van der Waals surface area contributed by atoms with Crippen LogP contribution in [-0.4, -0.2) is 14.5 Å². The monoisotopic (exact) mass is 287 g/mol. The highest BCUT2D eigenvalue weighted by Gasteiger charge is 2.16. The van der Waals surface area contributed by atoms with Crippen LogP contribution in [0.15, 0.2) is 35.5 Å². The maximum absolute atomic E-state index is 14.0. The van der Waals surface area contributed by atoms with Gasteiger partial charge in [-0.25, -0.2) is 18.7 Å². The second-order valence-electron chi connectivity index (χ2n) is 4.80. The highest BCUT2D eigenvalue weighted by Crippen LogP contribution is 2.26. The fourth-order valence-corrected chi connectivity index (χ4v) is 2.36. The summed E-state index contributed by atoms with van der Waals surface area (Å²) in [6, 6.07) is 3.24. The van der Waals surface area contributed by atoms with Crippen molar-refractivity contribution in [2.24, 2.45) is 7.05 Å². The molecule has 1 aromatic carbocycles. The van der Waals surface area contributed by atoms with Gasteiger partial charge in [0.1, 0.15) is 29.2 Å². The largest absolute Gasteiger partial charge is 0.347 e. The number of pyridine rings is 1. The van der Waals surface area contributed by atoms with Gasteiger partial charge in [0.25, 0.3) is 0 Å². The summed E-state index contributed by atoms with van der Waals surface area (Å²) in [6.07, 6.45) is 2.85. The fourth-order valence-electron chi connectivity index (χ4n) is 2.36. The molecular formula is C15H11F2N3O. The van der Waals surface area contributed by atoms with Crippen molar-refractivity contribution in [1.29, 1.82) is 0 Å². The lowest BCUT2D eigenvalue weighted by molar-refractivity contribution is 0.585. The van der Waals surface area contributed by atoms with E-state index in [1.807, 2.05) is 0 Å². The highest BCUT2D eigenvalue weighted by atomic mass is 19.1. The molecule has 0 fully saturated rings. The molecule has 0 aliphatic rings. The number of aryl methyl sites for hydroxylation is 2. The minimum absolute atomic E-state index is 0.127. The van der Waals surface area contributed by atoms with Crippen molar-refractivity contribution < 1.29 is 8.78 Å². The summed E-state index contributed by atoms with van der Waals surface area (Å²) in [6.45, 7) is 1.68. The summed E-state index contributed by atoms with van der Waals surface area (Å²) in [5.41, 5.74) is 1.33. The standard InChI is InChI=1S/C15H11F2N3O/c1-8-6-20(2)14-12(18-7-19-13(14)15(8)21)10-4-3-9(16)5-11(10)17/h3-7H,1-2H3. The van der Waals surface area contributed by atoms with Gasteiger partial charge in [0.2, 0.25) is 5.43 Å². The number of benzene rings is 1. The molecular weight excluding hydrogens is 276 g/mol. The zero-order valence-electron chi connectivity index (χ0n) is 11.4. The van der Waals surface area contributed by atoms with E-state index in [1.54, 1.807) is 24.7 Å². The van der Waals surface area contributed by atoms with Gasteiger partial charge in [-0.3, -0.25) is 4.79 Å². The number of nitrogens with zero attached hydrogens (tertiary/aromatic N) is 3. The summed E-state index contributed by atoms with van der Waals surface area (Å²) in [7, 11) is 1.73. The molecule has 0 aliphatic carbocycles. The van der Waals surface area contributed by atoms with Crippen LogP contribution >= 0.6 is 0 Å². The molecule has 0 radical (unpaired) electrons. The van der Waals surface area contributed by atoms with Crippen LogP contribution in [0.4, 0.5) is 8.78 Å². The van der Waals surface area contributed by atoms with Gasteiger partial charge < -0.3 is 4.57 Å². The molecule has 0 bridgehead atoms. The Morgan fingerprint density at radius 1 is 1.19 bits per heavy atom. The van der Waals surface area contributed by atoms with E-state index < -0.39 is 11.6 Å². The number of halogens is 2. The van der Waals surface area contributed by atoms with E-state index in [0.29, 0.717) is 11.1 Å². The number of rotatable bonds is 1. The molecule has 2 aromatic heterocycles. The van der Waals surface area contributed by atoms with Gasteiger partial charge in [0.15, 0.2) is 0 Å². The van der Waals surface area contributed by atoms with Crippen LogP contribution in [0.2, 0.25) is 0 Å². The second-order valence-corrected chi connectivity index (χ2v) is 4.80. The highest BCUT2D eigenvalue weighted by molar-refractivity contribution is 5.89. The van der Waals surface area contributed by atoms with Gasteiger partial charge in [-0.15, -0.1) is 0 Å². The van der Waals surface area contributed by atoms with E-state index in [-0.39, 0.29) is 22.2 Å². The molecule has 0 spiro atoms. The topological polar surface area (TPSA) is 47.8 Å². The zero-order valence-corrected chi connectivity index (χ0v) is 11.4. The van der Waals surface area contributed by atoms with Gasteiger partial charge >= 0.3 is 0 Å². The van der Waals surface area contributed by atoms with E-state index in [1.165, 1.54) is 12.4 Å². The van der Waals surface area contributed by atoms with Crippen molar-refractivity contribution in [3.8, 4) is 11.3 Å². The lowest BCUT2D eigenvalue weighted by Gasteiger charge is -2.11. The van der Waals surface area contributed by atoms with Crippen molar-refractivity contribution in [1.82, 2.24) is 14.5 Å². The van der Waals surface area contributed by atoms with Gasteiger partial charge in [-0.2, -0.15) is 0 Å². The molecule has 0 saturated heterocycles. The minimum Gasteiger partial charge on any atom is -0.347 e. The molecule has 106 valence electrons. The third-order valence-corrected chi connectivity index (χ3v) is 3.32. The van der Waals surface area contributed by atoms with Gasteiger partial charge in [0, 0.05) is 30.4 Å². The van der Waals surface area contributed by atoms with Gasteiger partial charge in [-0.05, 0) is 19.1 Å². The average Bonchev–Trinajstić information content (AvgIpc) is 2.44. The number of hydrogen-bond acceptors (Lipinski definition) is 3. The molecule has 3 rings (SSSR count). The maximum Gasteiger partial charge on any atom is 0.210 e. The van der Waals surface area contributed by atoms with Crippen LogP contribution in [0.25, 0.3) is 22.3 Å². The van der Waals surface area contributed by atoms with Crippen LogP contribution in [0.1, 0.15) is 5.56 Å². The van der Waals surface area contributed by atoms with Crippen LogP contribution < -0.4 is 5.43 Å². The molecule has 0 aliphatic heterocycles.